The molecule has 1 aliphatic carbocycles. The van der Waals surface area contributed by atoms with E-state index < -0.39 is 0 Å². The molecule has 0 bridgehead atoms. The third kappa shape index (κ3) is 2.84. The minimum atomic E-state index is -0.338. The zero-order valence-corrected chi connectivity index (χ0v) is 14.4. The quantitative estimate of drug-likeness (QED) is 0.676. The number of hydrogen-bond donors (Lipinski definition) is 1. The van der Waals surface area contributed by atoms with Gasteiger partial charge in [-0.05, 0) is 37.5 Å². The van der Waals surface area contributed by atoms with Crippen LogP contribution in [0.2, 0.25) is 0 Å². The molecule has 0 radical (unpaired) electrons. The fraction of sp³-hybridized carbons (Fsp3) is 0.400. The molecule has 0 saturated carbocycles. The molecular weight excluding hydrogens is 316 g/mol. The highest BCUT2D eigenvalue weighted by atomic mass is 16.5. The lowest BCUT2D eigenvalue weighted by atomic mass is 9.92. The number of aromatic amines is 1. The lowest BCUT2D eigenvalue weighted by Gasteiger charge is -2.31. The van der Waals surface area contributed by atoms with Gasteiger partial charge in [0.05, 0.1) is 12.7 Å². The number of carbonyl (C=O) groups excluding carboxylic acids is 2. The predicted octanol–water partition coefficient (Wildman–Crippen LogP) is 3.20. The van der Waals surface area contributed by atoms with E-state index in [4.69, 9.17) is 4.74 Å². The minimum Gasteiger partial charge on any atom is -0.465 e. The highest BCUT2D eigenvalue weighted by molar-refractivity contribution is 5.96. The van der Waals surface area contributed by atoms with Gasteiger partial charge >= 0.3 is 5.97 Å². The van der Waals surface area contributed by atoms with Gasteiger partial charge < -0.3 is 14.6 Å². The summed E-state index contributed by atoms with van der Waals surface area (Å²) in [5.41, 5.74) is 3.85. The summed E-state index contributed by atoms with van der Waals surface area (Å²) >= 11 is 0. The summed E-state index contributed by atoms with van der Waals surface area (Å²) < 4.78 is 4.82. The number of hydrogen-bond acceptors (Lipinski definition) is 3. The van der Waals surface area contributed by atoms with Gasteiger partial charge in [-0.2, -0.15) is 0 Å². The number of nitrogens with one attached hydrogen (secondary N) is 1. The Bertz CT molecular complexity index is 865. The van der Waals surface area contributed by atoms with Crippen molar-refractivity contribution in [2.45, 2.75) is 32.2 Å². The molecule has 1 atom stereocenters. The van der Waals surface area contributed by atoms with Crippen molar-refractivity contribution in [2.75, 3.05) is 13.7 Å². The summed E-state index contributed by atoms with van der Waals surface area (Å²) in [6, 6.07) is 5.55. The van der Waals surface area contributed by atoms with Crippen LogP contribution < -0.4 is 0 Å². The summed E-state index contributed by atoms with van der Waals surface area (Å²) in [7, 11) is 1.39. The van der Waals surface area contributed by atoms with Gasteiger partial charge in [0.15, 0.2) is 0 Å². The van der Waals surface area contributed by atoms with Crippen molar-refractivity contribution in [1.29, 1.82) is 0 Å². The number of amides is 1. The second kappa shape index (κ2) is 6.39. The van der Waals surface area contributed by atoms with Crippen LogP contribution >= 0.6 is 0 Å². The van der Waals surface area contributed by atoms with Crippen molar-refractivity contribution >= 4 is 22.8 Å². The Balaban J connectivity index is 1.63. The Hall–Kier alpha value is -2.56. The van der Waals surface area contributed by atoms with Crippen molar-refractivity contribution in [3.63, 3.8) is 0 Å². The van der Waals surface area contributed by atoms with E-state index in [1.54, 1.807) is 6.07 Å². The molecule has 1 aromatic carbocycles. The fourth-order valence-corrected chi connectivity index (χ4v) is 3.92. The van der Waals surface area contributed by atoms with Crippen molar-refractivity contribution < 1.29 is 14.3 Å². The van der Waals surface area contributed by atoms with Gasteiger partial charge in [-0.15, -0.1) is 0 Å². The van der Waals surface area contributed by atoms with E-state index in [-0.39, 0.29) is 17.8 Å². The van der Waals surface area contributed by atoms with Crippen LogP contribution in [-0.4, -0.2) is 35.4 Å². The molecule has 0 spiro atoms. The van der Waals surface area contributed by atoms with Gasteiger partial charge in [0.2, 0.25) is 5.91 Å². The minimum absolute atomic E-state index is 0.113. The molecule has 5 heteroatoms. The maximum Gasteiger partial charge on any atom is 0.337 e. The Morgan fingerprint density at radius 1 is 1.28 bits per heavy atom. The second-order valence-electron chi connectivity index (χ2n) is 6.83. The third-order valence-corrected chi connectivity index (χ3v) is 5.33. The van der Waals surface area contributed by atoms with Crippen molar-refractivity contribution in [1.82, 2.24) is 9.88 Å². The van der Waals surface area contributed by atoms with Gasteiger partial charge in [0, 0.05) is 47.6 Å². The molecule has 0 saturated heterocycles. The molecular formula is C20H22N2O3. The number of fused-ring (bicyclic) bond motifs is 3. The maximum absolute atomic E-state index is 12.9. The highest BCUT2D eigenvalue weighted by Gasteiger charge is 2.29. The first-order valence-electron chi connectivity index (χ1n) is 8.83. The molecule has 0 fully saturated rings. The van der Waals surface area contributed by atoms with Crippen LogP contribution in [-0.2, 0) is 22.5 Å². The van der Waals surface area contributed by atoms with Crippen LogP contribution in [0.3, 0.4) is 0 Å². The first kappa shape index (κ1) is 15.9. The number of carbonyl (C=O) groups is 2. The van der Waals surface area contributed by atoms with Crippen LogP contribution in [0.5, 0.6) is 0 Å². The van der Waals surface area contributed by atoms with Crippen LogP contribution in [0, 0.1) is 5.92 Å². The Morgan fingerprint density at radius 3 is 2.92 bits per heavy atom. The topological polar surface area (TPSA) is 62.4 Å². The zero-order valence-electron chi connectivity index (χ0n) is 14.4. The van der Waals surface area contributed by atoms with Crippen LogP contribution in [0.1, 0.15) is 40.9 Å². The van der Waals surface area contributed by atoms with E-state index in [1.807, 2.05) is 17.0 Å². The van der Waals surface area contributed by atoms with Crippen LogP contribution in [0.4, 0.5) is 0 Å². The summed E-state index contributed by atoms with van der Waals surface area (Å²) in [5, 5.41) is 1.01. The SMILES string of the molecule is COC(=O)c1ccc2[nH]c3c(c2c1)CN(C(=O)C1CC=CCC1)CC3. The molecule has 1 N–H and O–H groups in total. The summed E-state index contributed by atoms with van der Waals surface area (Å²) in [5.74, 6) is 0.0328. The van der Waals surface area contributed by atoms with Gasteiger partial charge in [0.25, 0.3) is 0 Å². The molecule has 4 rings (SSSR count). The molecule has 1 aromatic heterocycles. The number of rotatable bonds is 2. The number of esters is 1. The largest absolute Gasteiger partial charge is 0.465 e. The number of H-pyrrole nitrogens is 1. The first-order chi connectivity index (χ1) is 12.2. The maximum atomic E-state index is 12.9. The number of allylic oxidation sites excluding steroid dienone is 2. The molecule has 1 unspecified atom stereocenters. The summed E-state index contributed by atoms with van der Waals surface area (Å²) in [4.78, 5) is 30.1. The molecule has 130 valence electrons. The number of benzene rings is 1. The average molecular weight is 338 g/mol. The Labute approximate surface area is 146 Å². The third-order valence-electron chi connectivity index (χ3n) is 5.33. The molecule has 1 amide bonds. The Morgan fingerprint density at radius 2 is 2.16 bits per heavy atom. The van der Waals surface area contributed by atoms with Crippen molar-refractivity contribution in [3.05, 3.63) is 47.2 Å². The number of aromatic nitrogens is 1. The molecule has 5 nitrogen and oxygen atoms in total. The second-order valence-corrected chi connectivity index (χ2v) is 6.83. The monoisotopic (exact) mass is 338 g/mol. The van der Waals surface area contributed by atoms with Gasteiger partial charge in [-0.3, -0.25) is 4.79 Å². The molecule has 2 aliphatic rings. The van der Waals surface area contributed by atoms with Crippen LogP contribution in [0.25, 0.3) is 10.9 Å². The van der Waals surface area contributed by atoms with E-state index in [9.17, 15) is 9.59 Å². The number of ether oxygens (including phenoxy) is 1. The number of methoxy groups -OCH3 is 1. The Kier molecular flexibility index (Phi) is 4.07. The van der Waals surface area contributed by atoms with Crippen molar-refractivity contribution in [3.8, 4) is 0 Å². The predicted molar refractivity (Wildman–Crippen MR) is 95.2 cm³/mol. The lowest BCUT2D eigenvalue weighted by Crippen LogP contribution is -2.39. The van der Waals surface area contributed by atoms with E-state index in [1.165, 1.54) is 12.8 Å². The van der Waals surface area contributed by atoms with Crippen LogP contribution in [0.15, 0.2) is 30.4 Å². The first-order valence-corrected chi connectivity index (χ1v) is 8.83. The normalized spacial score (nSPS) is 19.7. The lowest BCUT2D eigenvalue weighted by molar-refractivity contribution is -0.136. The smallest absolute Gasteiger partial charge is 0.337 e. The standard InChI is InChI=1S/C20H22N2O3/c1-25-20(24)14-7-8-17-15(11-14)16-12-22(10-9-18(16)21-17)19(23)13-5-3-2-4-6-13/h2-3,7-8,11,13,21H,4-6,9-10,12H2,1H3. The molecule has 2 heterocycles. The molecule has 1 aliphatic heterocycles. The summed E-state index contributed by atoms with van der Waals surface area (Å²) in [6.07, 6.45) is 7.89. The van der Waals surface area contributed by atoms with E-state index in [2.05, 4.69) is 17.1 Å². The van der Waals surface area contributed by atoms with E-state index in [0.717, 1.165) is 48.7 Å². The van der Waals surface area contributed by atoms with Gasteiger partial charge in [-0.1, -0.05) is 12.2 Å². The average Bonchev–Trinajstić information content (AvgIpc) is 3.04. The molecule has 25 heavy (non-hydrogen) atoms. The van der Waals surface area contributed by atoms with Gasteiger partial charge in [0.1, 0.15) is 0 Å². The van der Waals surface area contributed by atoms with E-state index >= 15 is 0 Å². The van der Waals surface area contributed by atoms with E-state index in [0.29, 0.717) is 12.1 Å². The van der Waals surface area contributed by atoms with Gasteiger partial charge in [-0.25, -0.2) is 4.79 Å². The number of nitrogens with zero attached hydrogens (tertiary/aromatic N) is 1. The van der Waals surface area contributed by atoms with Crippen molar-refractivity contribution in [2.24, 2.45) is 5.92 Å². The highest BCUT2D eigenvalue weighted by Crippen LogP contribution is 2.30. The zero-order chi connectivity index (χ0) is 17.4. The molecule has 2 aromatic rings. The summed E-state index contributed by atoms with van der Waals surface area (Å²) in [6.45, 7) is 1.36. The fourth-order valence-electron chi connectivity index (χ4n) is 3.92.